The van der Waals surface area contributed by atoms with E-state index in [0.717, 1.165) is 133 Å². The maximum Gasteiger partial charge on any atom is 0.252 e. The van der Waals surface area contributed by atoms with Crippen molar-refractivity contribution in [3.8, 4) is 39.3 Å². The Kier molecular flexibility index (Phi) is 16.0. The summed E-state index contributed by atoms with van der Waals surface area (Å²) in [7, 11) is 0. The fourth-order valence-corrected chi connectivity index (χ4v) is 20.7. The van der Waals surface area contributed by atoms with Crippen molar-refractivity contribution >= 4 is 167 Å². The average molecular weight is 1710 g/mol. The second-order valence-corrected chi connectivity index (χ2v) is 45.3. The first-order valence-corrected chi connectivity index (χ1v) is 46.3. The second-order valence-electron chi connectivity index (χ2n) is 45.3. The van der Waals surface area contributed by atoms with E-state index >= 15 is 0 Å². The Morgan fingerprint density at radius 2 is 0.554 bits per heavy atom. The van der Waals surface area contributed by atoms with Crippen LogP contribution in [0.3, 0.4) is 0 Å². The molecule has 646 valence electrons. The lowest BCUT2D eigenvalue weighted by molar-refractivity contribution is 0.568. The monoisotopic (exact) mass is 1700 g/mol. The average Bonchev–Trinajstić information content (AvgIpc) is 0.809. The van der Waals surface area contributed by atoms with E-state index in [9.17, 15) is 11.0 Å². The van der Waals surface area contributed by atoms with Crippen LogP contribution in [-0.2, 0) is 43.3 Å². The molecule has 0 radical (unpaired) electrons. The summed E-state index contributed by atoms with van der Waals surface area (Å²) in [5, 5.41) is 8.32. The Bertz CT molecular complexity index is 8450. The molecular weight excluding hydrogens is 1580 g/mol. The zero-order chi connectivity index (χ0) is 97.8. The van der Waals surface area contributed by atoms with Gasteiger partial charge in [-0.25, -0.2) is 0 Å². The molecule has 0 atom stereocenters. The molecule has 20 aromatic rings. The predicted molar refractivity (Wildman–Crippen MR) is 559 cm³/mol. The maximum atomic E-state index is 10.1. The van der Waals surface area contributed by atoms with E-state index in [1.54, 1.807) is 4.57 Å². The van der Waals surface area contributed by atoms with Crippen LogP contribution in [0.25, 0.3) is 149 Å². The van der Waals surface area contributed by atoms with Gasteiger partial charge >= 0.3 is 0 Å². The smallest absolute Gasteiger partial charge is 0.252 e. The molecule has 0 bridgehead atoms. The zero-order valence-electron chi connectivity index (χ0n) is 87.6. The van der Waals surface area contributed by atoms with Gasteiger partial charge in [-0.2, -0.15) is 0 Å². The molecule has 0 fully saturated rings. The minimum absolute atomic E-state index is 0.00880. The third kappa shape index (κ3) is 13.0. The Morgan fingerprint density at radius 3 is 0.923 bits per heavy atom. The molecule has 5 aromatic heterocycles. The van der Waals surface area contributed by atoms with Crippen molar-refractivity contribution in [3.05, 3.63) is 323 Å². The lowest BCUT2D eigenvalue weighted by Crippen LogP contribution is -2.61. The van der Waals surface area contributed by atoms with Crippen LogP contribution < -0.4 is 26.2 Å². The molecule has 7 heterocycles. The van der Waals surface area contributed by atoms with E-state index < -0.39 is 43.0 Å². The fraction of sp³-hybridized carbons (Fsp3) is 0.262. The number of hydrogen-bond donors (Lipinski definition) is 0. The normalized spacial score (nSPS) is 14.7. The van der Waals surface area contributed by atoms with Gasteiger partial charge in [0.1, 0.15) is 0 Å². The summed E-state index contributed by atoms with van der Waals surface area (Å²) in [5.74, 6) is 0. The van der Waals surface area contributed by atoms with E-state index in [0.29, 0.717) is 33.8 Å². The first-order chi connectivity index (χ1) is 64.8. The molecule has 0 aliphatic carbocycles. The van der Waals surface area contributed by atoms with Crippen LogP contribution >= 0.6 is 0 Å². The summed E-state index contributed by atoms with van der Waals surface area (Å²) >= 11 is 0. The largest absolute Gasteiger partial charge is 0.452 e. The molecule has 7 nitrogen and oxygen atoms in total. The van der Waals surface area contributed by atoms with Gasteiger partial charge in [-0.15, -0.1) is 0 Å². The van der Waals surface area contributed by atoms with Gasteiger partial charge in [-0.1, -0.05) is 330 Å². The van der Waals surface area contributed by atoms with Crippen LogP contribution in [0.5, 0.6) is 0 Å². The highest BCUT2D eigenvalue weighted by Gasteiger charge is 2.46. The summed E-state index contributed by atoms with van der Waals surface area (Å²) < 4.78 is 99.6. The molecule has 15 aromatic carbocycles. The van der Waals surface area contributed by atoms with Crippen molar-refractivity contribution in [2.24, 2.45) is 0 Å². The molecule has 0 amide bonds. The topological polar surface area (TPSA) is 47.6 Å². The summed E-state index contributed by atoms with van der Waals surface area (Å²) in [6.45, 7) is 54.2. The van der Waals surface area contributed by atoms with Crippen molar-refractivity contribution in [2.75, 3.05) is 9.80 Å². The van der Waals surface area contributed by atoms with E-state index in [4.69, 9.17) is 8.83 Å². The third-order valence-corrected chi connectivity index (χ3v) is 28.3. The van der Waals surface area contributed by atoms with E-state index in [1.165, 1.54) is 55.3 Å². The standard InChI is InChI=1S/C122H118BN5O2/c1-115(2,3)75-46-53-98-90(66-75)91-67-76(116(4,5)6)47-54-99(91)125(98)103-41-29-35-86-88-37-31-43-105(113(88)129-111(86)103)127-102-52-45-71(72-57-79(119(13,14)15)64-80(58-72)120(16,17)18)61-95(102)123-94-51-50-83(124-96-39-27-25-33-84(96)85-34-26-28-40-97(85)124)70-107(94)128(109-63-74(62-108(127)110(109)123)73-59-81(121(19,20)21)65-82(60-73)122(22,23)24)106-44-32-38-89-87-36-30-42-104(112(87)130-114(89)106)126-100-55-48-77(117(7,8)9)68-92(100)93-69-78(118(10,11)12)49-56-101(93)126/h25-70H,1-24H3/i25D,26D,27D,28D,33D,34D,39D,40D. The number of furan rings is 2. The molecule has 0 saturated carbocycles. The molecule has 0 saturated heterocycles. The number of anilines is 6. The van der Waals surface area contributed by atoms with Gasteiger partial charge in [-0.3, -0.25) is 0 Å². The van der Waals surface area contributed by atoms with E-state index in [-0.39, 0.29) is 77.2 Å². The van der Waals surface area contributed by atoms with Crippen LogP contribution in [0.2, 0.25) is 0 Å². The van der Waals surface area contributed by atoms with Crippen molar-refractivity contribution < 1.29 is 19.8 Å². The Balaban J connectivity index is 0.895. The first kappa shape index (κ1) is 73.8. The molecule has 8 heteroatoms. The quantitative estimate of drug-likeness (QED) is 0.149. The Labute approximate surface area is 777 Å². The molecule has 0 unspecified atom stereocenters. The van der Waals surface area contributed by atoms with Crippen molar-refractivity contribution in [1.82, 2.24) is 13.7 Å². The SMILES string of the molecule is [2H]c1c([2H])c([2H])c2c(c1[2H])c1c([2H])c([2H])c([2H])c([2H])c1n2-c1ccc2c(c1)N(c1cccc3c1oc1c(-n4c5ccc(C(C)(C)C)cc5c5cc(C(C)(C)C)ccc54)cccc13)c1cc(-c3cc(C(C)(C)C)cc(C(C)(C)C)c3)cc3c1B2c1cc(-c2cc(C(C)(C)C)cc(C(C)(C)C)c2)ccc1N3c1cccc2c1oc1c(-n3c4ccc(C(C)(C)C)cc4c4cc(C(C)(C)C)ccc43)cccc12. The van der Waals surface area contributed by atoms with Crippen molar-refractivity contribution in [1.29, 1.82) is 0 Å². The minimum atomic E-state index is -0.592. The number of benzene rings is 15. The Morgan fingerprint density at radius 1 is 0.223 bits per heavy atom. The molecule has 130 heavy (non-hydrogen) atoms. The number of aromatic nitrogens is 3. The Hall–Kier alpha value is -13.0. The first-order valence-electron chi connectivity index (χ1n) is 50.3. The fourth-order valence-electron chi connectivity index (χ4n) is 20.7. The van der Waals surface area contributed by atoms with Gasteiger partial charge in [0, 0.05) is 82.3 Å². The van der Waals surface area contributed by atoms with Crippen molar-refractivity contribution in [3.63, 3.8) is 0 Å². The van der Waals surface area contributed by atoms with Gasteiger partial charge in [-0.05, 0) is 242 Å². The van der Waals surface area contributed by atoms with Crippen LogP contribution in [0.15, 0.2) is 288 Å². The number of para-hydroxylation sites is 6. The van der Waals surface area contributed by atoms with Crippen LogP contribution in [0.4, 0.5) is 34.1 Å². The molecule has 22 rings (SSSR count). The van der Waals surface area contributed by atoms with Crippen LogP contribution in [0.1, 0.15) is 222 Å². The molecular formula is C122H118BN5O2. The molecule has 2 aliphatic rings. The molecule has 2 aliphatic heterocycles. The lowest BCUT2D eigenvalue weighted by atomic mass is 9.33. The van der Waals surface area contributed by atoms with Gasteiger partial charge in [0.2, 0.25) is 0 Å². The van der Waals surface area contributed by atoms with Gasteiger partial charge in [0.25, 0.3) is 6.71 Å². The number of fused-ring (bicyclic) bond motifs is 19. The molecule has 0 N–H and O–H groups in total. The number of hydrogen-bond acceptors (Lipinski definition) is 4. The number of rotatable bonds is 7. The third-order valence-electron chi connectivity index (χ3n) is 28.3. The van der Waals surface area contributed by atoms with Crippen LogP contribution in [-0.4, -0.2) is 20.4 Å². The summed E-state index contributed by atoms with van der Waals surface area (Å²) in [4.78, 5) is 4.85. The summed E-state index contributed by atoms with van der Waals surface area (Å²) in [6.07, 6.45) is 0. The highest BCUT2D eigenvalue weighted by atomic mass is 16.3. The zero-order valence-corrected chi connectivity index (χ0v) is 79.6. The lowest BCUT2D eigenvalue weighted by Gasteiger charge is -2.44. The minimum Gasteiger partial charge on any atom is -0.452 e. The second kappa shape index (κ2) is 28.2. The highest BCUT2D eigenvalue weighted by Crippen LogP contribution is 2.54. The van der Waals surface area contributed by atoms with E-state index in [2.05, 4.69) is 410 Å². The highest BCUT2D eigenvalue weighted by molar-refractivity contribution is 7.00. The van der Waals surface area contributed by atoms with Gasteiger partial charge < -0.3 is 32.3 Å². The summed E-state index contributed by atoms with van der Waals surface area (Å²) in [6, 6.07) is 82.8. The van der Waals surface area contributed by atoms with E-state index in [1.807, 2.05) is 6.07 Å². The van der Waals surface area contributed by atoms with Crippen molar-refractivity contribution in [2.45, 2.75) is 209 Å². The molecule has 0 spiro atoms. The van der Waals surface area contributed by atoms with Gasteiger partial charge in [0.15, 0.2) is 22.3 Å². The predicted octanol–water partition coefficient (Wildman–Crippen LogP) is 32.6. The van der Waals surface area contributed by atoms with Crippen LogP contribution in [0, 0.1) is 0 Å². The number of nitrogens with zero attached hydrogens (tertiary/aromatic N) is 5. The van der Waals surface area contributed by atoms with Gasteiger partial charge in [0.05, 0.1) is 66.8 Å². The summed E-state index contributed by atoms with van der Waals surface area (Å²) in [5.41, 5.74) is 29.2. The maximum absolute atomic E-state index is 10.1.